The molecule has 1 unspecified atom stereocenters. The molecule has 0 radical (unpaired) electrons. The summed E-state index contributed by atoms with van der Waals surface area (Å²) in [5.41, 5.74) is 2.14. The summed E-state index contributed by atoms with van der Waals surface area (Å²) in [4.78, 5) is 0. The maximum Gasteiger partial charge on any atom is 0.177 e. The lowest BCUT2D eigenvalue weighted by molar-refractivity contribution is 0.555. The molecule has 0 amide bonds. The van der Waals surface area contributed by atoms with E-state index in [-0.39, 0.29) is 6.04 Å². The van der Waals surface area contributed by atoms with Crippen LogP contribution in [0.3, 0.4) is 0 Å². The van der Waals surface area contributed by atoms with E-state index in [1.807, 2.05) is 31.0 Å². The van der Waals surface area contributed by atoms with Crippen molar-refractivity contribution in [1.82, 2.24) is 30.1 Å². The van der Waals surface area contributed by atoms with Crippen LogP contribution < -0.4 is 5.32 Å². The summed E-state index contributed by atoms with van der Waals surface area (Å²) in [7, 11) is 3.85. The largest absolute Gasteiger partial charge is 0.312 e. The van der Waals surface area contributed by atoms with Gasteiger partial charge in [-0.1, -0.05) is 19.1 Å². The number of aromatic nitrogens is 5. The zero-order valence-electron chi connectivity index (χ0n) is 11.4. The van der Waals surface area contributed by atoms with E-state index in [4.69, 9.17) is 0 Å². The van der Waals surface area contributed by atoms with Crippen molar-refractivity contribution in [1.29, 1.82) is 0 Å². The van der Waals surface area contributed by atoms with Crippen LogP contribution in [0.5, 0.6) is 0 Å². The monoisotopic (exact) mass is 248 g/mol. The molecule has 6 heteroatoms. The third-order valence-electron chi connectivity index (χ3n) is 3.13. The molecular formula is C12H20N6. The molecule has 0 aliphatic rings. The molecule has 6 nitrogen and oxygen atoms in total. The quantitative estimate of drug-likeness (QED) is 0.864. The molecule has 1 N–H and O–H groups in total. The second kappa shape index (κ2) is 5.30. The van der Waals surface area contributed by atoms with Gasteiger partial charge < -0.3 is 5.32 Å². The maximum absolute atomic E-state index is 4.37. The van der Waals surface area contributed by atoms with Crippen molar-refractivity contribution in [3.05, 3.63) is 23.7 Å². The molecule has 0 bridgehead atoms. The molecule has 0 saturated heterocycles. The van der Waals surface area contributed by atoms with Crippen molar-refractivity contribution in [2.45, 2.75) is 32.7 Å². The van der Waals surface area contributed by atoms with Crippen LogP contribution in [0.4, 0.5) is 0 Å². The highest BCUT2D eigenvalue weighted by molar-refractivity contribution is 5.26. The Hall–Kier alpha value is -1.69. The lowest BCUT2D eigenvalue weighted by Gasteiger charge is -2.12. The molecule has 0 spiro atoms. The molecule has 0 aromatic carbocycles. The fraction of sp³-hybridized carbons (Fsp3) is 0.583. The summed E-state index contributed by atoms with van der Waals surface area (Å²) in [6.45, 7) is 4.25. The van der Waals surface area contributed by atoms with Gasteiger partial charge in [0.2, 0.25) is 0 Å². The molecule has 18 heavy (non-hydrogen) atoms. The van der Waals surface area contributed by atoms with Gasteiger partial charge in [0.15, 0.2) is 5.82 Å². The number of hydrogen-bond acceptors (Lipinski definition) is 4. The van der Waals surface area contributed by atoms with Gasteiger partial charge in [0, 0.05) is 19.3 Å². The van der Waals surface area contributed by atoms with Gasteiger partial charge in [-0.15, -0.1) is 5.10 Å². The fourth-order valence-corrected chi connectivity index (χ4v) is 2.15. The molecule has 0 fully saturated rings. The SMILES string of the molecule is CCc1c(C(CC)NC)nnn1-c1ccn(C)n1. The minimum atomic E-state index is 0.248. The number of rotatable bonds is 5. The summed E-state index contributed by atoms with van der Waals surface area (Å²) >= 11 is 0. The standard InChI is InChI=1S/C12H20N6/c1-5-9(13-3)12-10(6-2)18(16-14-12)11-7-8-17(4)15-11/h7-9,13H,5-6H2,1-4H3. The molecule has 0 saturated carbocycles. The van der Waals surface area contributed by atoms with Gasteiger partial charge in [0.1, 0.15) is 5.69 Å². The van der Waals surface area contributed by atoms with E-state index in [1.54, 1.807) is 4.68 Å². The van der Waals surface area contributed by atoms with E-state index in [0.29, 0.717) is 0 Å². The Morgan fingerprint density at radius 2 is 2.17 bits per heavy atom. The van der Waals surface area contributed by atoms with Gasteiger partial charge in [0.25, 0.3) is 0 Å². The first-order valence-corrected chi connectivity index (χ1v) is 6.33. The number of hydrogen-bond donors (Lipinski definition) is 1. The first-order valence-electron chi connectivity index (χ1n) is 6.33. The molecule has 1 atom stereocenters. The summed E-state index contributed by atoms with van der Waals surface area (Å²) in [5, 5.41) is 16.2. The summed E-state index contributed by atoms with van der Waals surface area (Å²) in [5.74, 6) is 0.819. The van der Waals surface area contributed by atoms with Crippen LogP contribution in [0, 0.1) is 0 Å². The number of nitrogens with zero attached hydrogens (tertiary/aromatic N) is 5. The Kier molecular flexibility index (Phi) is 3.76. The third kappa shape index (κ3) is 2.15. The number of nitrogens with one attached hydrogen (secondary N) is 1. The van der Waals surface area contributed by atoms with E-state index in [2.05, 4.69) is 34.6 Å². The van der Waals surface area contributed by atoms with Crippen molar-refractivity contribution < 1.29 is 0 Å². The minimum Gasteiger partial charge on any atom is -0.312 e. The average Bonchev–Trinajstić information content (AvgIpc) is 2.97. The van der Waals surface area contributed by atoms with Crippen molar-refractivity contribution in [2.75, 3.05) is 7.05 Å². The van der Waals surface area contributed by atoms with Crippen LogP contribution in [-0.2, 0) is 13.5 Å². The van der Waals surface area contributed by atoms with Gasteiger partial charge in [-0.05, 0) is 19.9 Å². The third-order valence-corrected chi connectivity index (χ3v) is 3.13. The first-order chi connectivity index (χ1) is 8.71. The Balaban J connectivity index is 2.44. The van der Waals surface area contributed by atoms with Crippen LogP contribution in [0.2, 0.25) is 0 Å². The van der Waals surface area contributed by atoms with Crippen LogP contribution >= 0.6 is 0 Å². The zero-order valence-corrected chi connectivity index (χ0v) is 11.4. The number of aryl methyl sites for hydroxylation is 1. The van der Waals surface area contributed by atoms with Crippen LogP contribution in [-0.4, -0.2) is 31.8 Å². The van der Waals surface area contributed by atoms with Crippen molar-refractivity contribution >= 4 is 0 Å². The molecule has 2 aromatic heterocycles. The smallest absolute Gasteiger partial charge is 0.177 e. The summed E-state index contributed by atoms with van der Waals surface area (Å²) in [6, 6.07) is 2.19. The van der Waals surface area contributed by atoms with Gasteiger partial charge in [-0.3, -0.25) is 4.68 Å². The Labute approximate surface area is 107 Å². The van der Waals surface area contributed by atoms with Gasteiger partial charge >= 0.3 is 0 Å². The molecule has 2 aromatic rings. The Morgan fingerprint density at radius 3 is 2.67 bits per heavy atom. The van der Waals surface area contributed by atoms with E-state index in [0.717, 1.165) is 30.0 Å². The molecule has 2 heterocycles. The second-order valence-corrected chi connectivity index (χ2v) is 4.28. The van der Waals surface area contributed by atoms with Crippen molar-refractivity contribution in [2.24, 2.45) is 7.05 Å². The Morgan fingerprint density at radius 1 is 1.39 bits per heavy atom. The first kappa shape index (κ1) is 12.8. The molecule has 2 rings (SSSR count). The van der Waals surface area contributed by atoms with Gasteiger partial charge in [-0.25, -0.2) is 0 Å². The average molecular weight is 248 g/mol. The topological polar surface area (TPSA) is 60.6 Å². The van der Waals surface area contributed by atoms with Gasteiger partial charge in [-0.2, -0.15) is 9.78 Å². The molecule has 0 aliphatic heterocycles. The second-order valence-electron chi connectivity index (χ2n) is 4.28. The van der Waals surface area contributed by atoms with Crippen LogP contribution in [0.25, 0.3) is 5.82 Å². The maximum atomic E-state index is 4.37. The highest BCUT2D eigenvalue weighted by Crippen LogP contribution is 2.20. The zero-order chi connectivity index (χ0) is 13.1. The molecule has 98 valence electrons. The Bertz CT molecular complexity index is 508. The summed E-state index contributed by atoms with van der Waals surface area (Å²) < 4.78 is 3.60. The summed E-state index contributed by atoms with van der Waals surface area (Å²) in [6.07, 6.45) is 3.78. The lowest BCUT2D eigenvalue weighted by Crippen LogP contribution is -2.17. The van der Waals surface area contributed by atoms with E-state index in [9.17, 15) is 0 Å². The highest BCUT2D eigenvalue weighted by atomic mass is 15.5. The normalized spacial score (nSPS) is 12.9. The van der Waals surface area contributed by atoms with Crippen molar-refractivity contribution in [3.8, 4) is 5.82 Å². The minimum absolute atomic E-state index is 0.248. The van der Waals surface area contributed by atoms with E-state index >= 15 is 0 Å². The predicted molar refractivity (Wildman–Crippen MR) is 69.6 cm³/mol. The van der Waals surface area contributed by atoms with Crippen LogP contribution in [0.1, 0.15) is 37.7 Å². The van der Waals surface area contributed by atoms with Crippen LogP contribution in [0.15, 0.2) is 12.3 Å². The predicted octanol–water partition coefficient (Wildman–Crippen LogP) is 1.23. The van der Waals surface area contributed by atoms with Crippen molar-refractivity contribution in [3.63, 3.8) is 0 Å². The van der Waals surface area contributed by atoms with Gasteiger partial charge in [0.05, 0.1) is 11.7 Å². The van der Waals surface area contributed by atoms with E-state index < -0.39 is 0 Å². The van der Waals surface area contributed by atoms with E-state index in [1.165, 1.54) is 0 Å². The highest BCUT2D eigenvalue weighted by Gasteiger charge is 2.19. The lowest BCUT2D eigenvalue weighted by atomic mass is 10.1. The molecule has 0 aliphatic carbocycles. The fourth-order valence-electron chi connectivity index (χ4n) is 2.15. The molecular weight excluding hydrogens is 228 g/mol.